The van der Waals surface area contributed by atoms with E-state index >= 15 is 0 Å². The summed E-state index contributed by atoms with van der Waals surface area (Å²) in [4.78, 5) is 0. The molecule has 0 aliphatic carbocycles. The van der Waals surface area contributed by atoms with E-state index in [-0.39, 0.29) is 17.0 Å². The van der Waals surface area contributed by atoms with Crippen molar-refractivity contribution in [2.45, 2.75) is 6.61 Å². The van der Waals surface area contributed by atoms with Gasteiger partial charge in [0.1, 0.15) is 24.0 Å². The van der Waals surface area contributed by atoms with Crippen LogP contribution in [0.4, 0.5) is 8.78 Å². The molecule has 0 saturated heterocycles. The maximum Gasteiger partial charge on any atom is 0.131 e. The summed E-state index contributed by atoms with van der Waals surface area (Å²) in [7, 11) is 0. The van der Waals surface area contributed by atoms with Crippen LogP contribution in [-0.2, 0) is 6.61 Å². The largest absolute Gasteiger partial charge is 0.489 e. The van der Waals surface area contributed by atoms with Crippen molar-refractivity contribution in [2.24, 2.45) is 0 Å². The van der Waals surface area contributed by atoms with Crippen LogP contribution in [-0.4, -0.2) is 0 Å². The van der Waals surface area contributed by atoms with Crippen LogP contribution in [0.5, 0.6) is 5.75 Å². The first kappa shape index (κ1) is 17.4. The fraction of sp³-hybridized carbons (Fsp3) is 0.0455. The van der Waals surface area contributed by atoms with Gasteiger partial charge in [0.05, 0.1) is 11.6 Å². The fourth-order valence-corrected chi connectivity index (χ4v) is 2.42. The van der Waals surface area contributed by atoms with Crippen LogP contribution in [0.25, 0.3) is 11.6 Å². The fourth-order valence-electron chi connectivity index (χ4n) is 2.42. The van der Waals surface area contributed by atoms with Crippen LogP contribution < -0.4 is 4.74 Å². The number of ether oxygens (including phenoxy) is 1. The second-order valence-corrected chi connectivity index (χ2v) is 5.63. The lowest BCUT2D eigenvalue weighted by atomic mass is 10.0. The number of halogens is 2. The molecule has 0 aliphatic heterocycles. The molecule has 0 radical (unpaired) electrons. The molecule has 128 valence electrons. The topological polar surface area (TPSA) is 33.0 Å². The monoisotopic (exact) mass is 347 g/mol. The Bertz CT molecular complexity index is 955. The van der Waals surface area contributed by atoms with Gasteiger partial charge >= 0.3 is 0 Å². The highest BCUT2D eigenvalue weighted by molar-refractivity contribution is 5.89. The number of rotatable bonds is 5. The lowest BCUT2D eigenvalue weighted by Gasteiger charge is -2.07. The van der Waals surface area contributed by atoms with Crippen LogP contribution in [0.2, 0.25) is 0 Å². The zero-order valence-corrected chi connectivity index (χ0v) is 13.8. The average molecular weight is 347 g/mol. The van der Waals surface area contributed by atoms with Gasteiger partial charge in [-0.15, -0.1) is 0 Å². The molecule has 0 amide bonds. The lowest BCUT2D eigenvalue weighted by Crippen LogP contribution is -1.95. The highest BCUT2D eigenvalue weighted by atomic mass is 19.1. The first-order valence-corrected chi connectivity index (χ1v) is 8.00. The second kappa shape index (κ2) is 8.09. The molecule has 0 bridgehead atoms. The van der Waals surface area contributed by atoms with E-state index in [1.54, 1.807) is 60.7 Å². The summed E-state index contributed by atoms with van der Waals surface area (Å²) < 4.78 is 32.4. The summed E-state index contributed by atoms with van der Waals surface area (Å²) in [6.07, 6.45) is 1.63. The van der Waals surface area contributed by atoms with Crippen molar-refractivity contribution >= 4 is 11.6 Å². The van der Waals surface area contributed by atoms with Crippen LogP contribution in [0, 0.1) is 23.0 Å². The molecule has 0 aliphatic rings. The Morgan fingerprint density at radius 3 is 2.27 bits per heavy atom. The molecule has 2 nitrogen and oxygen atoms in total. The number of hydrogen-bond donors (Lipinski definition) is 0. The molecular weight excluding hydrogens is 332 g/mol. The van der Waals surface area contributed by atoms with Gasteiger partial charge in [-0.25, -0.2) is 8.78 Å². The molecule has 0 unspecified atom stereocenters. The first-order chi connectivity index (χ1) is 12.7. The third-order valence-corrected chi connectivity index (χ3v) is 3.79. The van der Waals surface area contributed by atoms with E-state index < -0.39 is 5.82 Å². The van der Waals surface area contributed by atoms with Gasteiger partial charge in [-0.1, -0.05) is 42.5 Å². The van der Waals surface area contributed by atoms with Gasteiger partial charge < -0.3 is 4.74 Å². The Kier molecular flexibility index (Phi) is 5.40. The summed E-state index contributed by atoms with van der Waals surface area (Å²) >= 11 is 0. The molecule has 26 heavy (non-hydrogen) atoms. The van der Waals surface area contributed by atoms with Crippen LogP contribution in [0.1, 0.15) is 16.7 Å². The van der Waals surface area contributed by atoms with Gasteiger partial charge in [0.25, 0.3) is 0 Å². The molecule has 3 aromatic rings. The van der Waals surface area contributed by atoms with Crippen LogP contribution >= 0.6 is 0 Å². The summed E-state index contributed by atoms with van der Waals surface area (Å²) in [6.45, 7) is 0.328. The van der Waals surface area contributed by atoms with Gasteiger partial charge in [0.2, 0.25) is 0 Å². The van der Waals surface area contributed by atoms with E-state index in [0.717, 1.165) is 11.1 Å². The third kappa shape index (κ3) is 4.34. The van der Waals surface area contributed by atoms with E-state index in [4.69, 9.17) is 4.74 Å². The smallest absolute Gasteiger partial charge is 0.131 e. The summed E-state index contributed by atoms with van der Waals surface area (Å²) in [5, 5.41) is 9.31. The van der Waals surface area contributed by atoms with Crippen molar-refractivity contribution in [3.63, 3.8) is 0 Å². The quantitative estimate of drug-likeness (QED) is 0.444. The van der Waals surface area contributed by atoms with Crippen molar-refractivity contribution in [1.82, 2.24) is 0 Å². The maximum atomic E-state index is 13.8. The molecule has 0 spiro atoms. The zero-order chi connectivity index (χ0) is 18.4. The molecule has 3 rings (SSSR count). The molecule has 3 aromatic carbocycles. The van der Waals surface area contributed by atoms with E-state index in [1.807, 2.05) is 6.07 Å². The van der Waals surface area contributed by atoms with E-state index in [2.05, 4.69) is 0 Å². The standard InChI is InChI=1S/C22H15F2NO/c23-19-9-5-17(6-10-19)15-26-20-11-7-16(8-12-20)13-18(14-25)21-3-1-2-4-22(21)24/h1-13H,15H2/b18-13-. The van der Waals surface area contributed by atoms with Gasteiger partial charge in [0.15, 0.2) is 0 Å². The molecule has 0 heterocycles. The SMILES string of the molecule is N#C/C(=C/c1ccc(OCc2ccc(F)cc2)cc1)c1ccccc1F. The average Bonchev–Trinajstić information content (AvgIpc) is 2.67. The molecule has 0 aromatic heterocycles. The Hall–Kier alpha value is -3.45. The predicted octanol–water partition coefficient (Wildman–Crippen LogP) is 5.61. The zero-order valence-electron chi connectivity index (χ0n) is 13.8. The van der Waals surface area contributed by atoms with E-state index in [9.17, 15) is 14.0 Å². The second-order valence-electron chi connectivity index (χ2n) is 5.63. The minimum absolute atomic E-state index is 0.253. The minimum Gasteiger partial charge on any atom is -0.489 e. The van der Waals surface area contributed by atoms with Gasteiger partial charge in [-0.05, 0) is 47.5 Å². The van der Waals surface area contributed by atoms with Crippen molar-refractivity contribution in [3.05, 3.63) is 101 Å². The molecule has 0 atom stereocenters. The highest BCUT2D eigenvalue weighted by Gasteiger charge is 2.06. The van der Waals surface area contributed by atoms with Gasteiger partial charge in [-0.2, -0.15) is 5.26 Å². The number of hydrogen-bond acceptors (Lipinski definition) is 2. The van der Waals surface area contributed by atoms with Gasteiger partial charge in [0, 0.05) is 5.56 Å². The van der Waals surface area contributed by atoms with E-state index in [1.165, 1.54) is 18.2 Å². The van der Waals surface area contributed by atoms with Crippen molar-refractivity contribution < 1.29 is 13.5 Å². The molecule has 0 N–H and O–H groups in total. The van der Waals surface area contributed by atoms with Crippen molar-refractivity contribution in [2.75, 3.05) is 0 Å². The first-order valence-electron chi connectivity index (χ1n) is 8.00. The number of nitrogens with zero attached hydrogens (tertiary/aromatic N) is 1. The minimum atomic E-state index is -0.431. The molecule has 0 fully saturated rings. The normalized spacial score (nSPS) is 11.0. The highest BCUT2D eigenvalue weighted by Crippen LogP contribution is 2.22. The van der Waals surface area contributed by atoms with Crippen molar-refractivity contribution in [3.8, 4) is 11.8 Å². The summed E-state index contributed by atoms with van der Waals surface area (Å²) in [5.74, 6) is -0.0662. The number of benzene rings is 3. The Balaban J connectivity index is 1.71. The Morgan fingerprint density at radius 1 is 0.923 bits per heavy atom. The number of allylic oxidation sites excluding steroid dienone is 1. The van der Waals surface area contributed by atoms with Crippen LogP contribution in [0.15, 0.2) is 72.8 Å². The maximum absolute atomic E-state index is 13.8. The lowest BCUT2D eigenvalue weighted by molar-refractivity contribution is 0.306. The van der Waals surface area contributed by atoms with Crippen LogP contribution in [0.3, 0.4) is 0 Å². The Morgan fingerprint density at radius 2 is 1.62 bits per heavy atom. The summed E-state index contributed by atoms with van der Waals surface area (Å²) in [6, 6.07) is 21.4. The molecule has 0 saturated carbocycles. The number of nitriles is 1. The predicted molar refractivity (Wildman–Crippen MR) is 97.1 cm³/mol. The Labute approximate surface area is 150 Å². The van der Waals surface area contributed by atoms with Gasteiger partial charge in [-0.3, -0.25) is 0 Å². The molecular formula is C22H15F2NO. The molecule has 4 heteroatoms. The van der Waals surface area contributed by atoms with Crippen molar-refractivity contribution in [1.29, 1.82) is 5.26 Å². The van der Waals surface area contributed by atoms with E-state index in [0.29, 0.717) is 12.4 Å². The third-order valence-electron chi connectivity index (χ3n) is 3.79. The summed E-state index contributed by atoms with van der Waals surface area (Å²) in [5.41, 5.74) is 2.15.